The normalized spacial score (nSPS) is 15.9. The molecule has 0 saturated carbocycles. The Morgan fingerprint density at radius 2 is 1.83 bits per heavy atom. The SMILES string of the molecule is COc1cc(OC)cc(C2CC(c3ccccc3O)=NN2C(=O)c2ccco2)c1. The standard InChI is InChI=1S/C22H20N2O5/c1-27-15-10-14(11-16(12-15)28-2)19-13-18(17-6-3-4-7-20(17)25)23-24(19)22(26)21-8-5-9-29-21/h3-12,19,25H,13H2,1-2H3. The molecule has 1 unspecified atom stereocenters. The highest BCUT2D eigenvalue weighted by Crippen LogP contribution is 2.38. The lowest BCUT2D eigenvalue weighted by atomic mass is 9.97. The Bertz CT molecular complexity index is 1040. The third kappa shape index (κ3) is 3.54. The molecule has 7 nitrogen and oxygen atoms in total. The molecular formula is C22H20N2O5. The van der Waals surface area contributed by atoms with Crippen LogP contribution in [0.5, 0.6) is 17.2 Å². The number of nitrogens with zero attached hydrogens (tertiary/aromatic N) is 2. The monoisotopic (exact) mass is 392 g/mol. The van der Waals surface area contributed by atoms with E-state index in [9.17, 15) is 9.90 Å². The number of aromatic hydroxyl groups is 1. The number of benzene rings is 2. The number of hydrogen-bond donors (Lipinski definition) is 1. The second-order valence-corrected chi connectivity index (χ2v) is 6.56. The molecule has 0 radical (unpaired) electrons. The van der Waals surface area contributed by atoms with Crippen molar-refractivity contribution in [2.45, 2.75) is 12.5 Å². The number of ether oxygens (including phenoxy) is 2. The first-order chi connectivity index (χ1) is 14.1. The minimum absolute atomic E-state index is 0.112. The lowest BCUT2D eigenvalue weighted by Crippen LogP contribution is -2.26. The van der Waals surface area contributed by atoms with Crippen molar-refractivity contribution < 1.29 is 23.8 Å². The van der Waals surface area contributed by atoms with Crippen LogP contribution in [-0.4, -0.2) is 36.0 Å². The number of methoxy groups -OCH3 is 2. The van der Waals surface area contributed by atoms with Crippen molar-refractivity contribution in [3.05, 3.63) is 77.7 Å². The molecule has 1 aromatic heterocycles. The van der Waals surface area contributed by atoms with Crippen LogP contribution in [0.1, 0.15) is 34.1 Å². The van der Waals surface area contributed by atoms with Gasteiger partial charge in [0.15, 0.2) is 5.76 Å². The highest BCUT2D eigenvalue weighted by atomic mass is 16.5. The van der Waals surface area contributed by atoms with Crippen LogP contribution in [-0.2, 0) is 0 Å². The topological polar surface area (TPSA) is 84.5 Å². The summed E-state index contributed by atoms with van der Waals surface area (Å²) in [5, 5.41) is 16.2. The molecule has 0 saturated heterocycles. The van der Waals surface area contributed by atoms with Gasteiger partial charge in [-0.25, -0.2) is 5.01 Å². The van der Waals surface area contributed by atoms with Crippen LogP contribution in [0.25, 0.3) is 0 Å². The summed E-state index contributed by atoms with van der Waals surface area (Å²) in [6.45, 7) is 0. The molecule has 1 aliphatic rings. The number of phenolic OH excluding ortho intramolecular Hbond substituents is 1. The van der Waals surface area contributed by atoms with Crippen molar-refractivity contribution in [3.63, 3.8) is 0 Å². The number of carbonyl (C=O) groups is 1. The number of rotatable bonds is 5. The first kappa shape index (κ1) is 18.6. The number of carbonyl (C=O) groups excluding carboxylic acids is 1. The largest absolute Gasteiger partial charge is 0.507 e. The molecule has 0 aliphatic carbocycles. The average Bonchev–Trinajstić information content (AvgIpc) is 3.43. The fourth-order valence-electron chi connectivity index (χ4n) is 3.37. The molecule has 2 aromatic carbocycles. The maximum absolute atomic E-state index is 13.1. The fraction of sp³-hybridized carbons (Fsp3) is 0.182. The average molecular weight is 392 g/mol. The summed E-state index contributed by atoms with van der Waals surface area (Å²) in [5.74, 6) is 1.15. The second-order valence-electron chi connectivity index (χ2n) is 6.56. The van der Waals surface area contributed by atoms with E-state index >= 15 is 0 Å². The number of hydrazone groups is 1. The van der Waals surface area contributed by atoms with E-state index in [0.717, 1.165) is 5.56 Å². The van der Waals surface area contributed by atoms with E-state index in [4.69, 9.17) is 13.9 Å². The van der Waals surface area contributed by atoms with E-state index in [-0.39, 0.29) is 17.4 Å². The zero-order chi connectivity index (χ0) is 20.4. The molecule has 7 heteroatoms. The van der Waals surface area contributed by atoms with Gasteiger partial charge >= 0.3 is 5.91 Å². The first-order valence-corrected chi connectivity index (χ1v) is 9.06. The van der Waals surface area contributed by atoms with Crippen LogP contribution in [0, 0.1) is 0 Å². The van der Waals surface area contributed by atoms with Gasteiger partial charge in [-0.15, -0.1) is 0 Å². The van der Waals surface area contributed by atoms with Gasteiger partial charge in [-0.05, 0) is 42.0 Å². The third-order valence-electron chi connectivity index (χ3n) is 4.82. The van der Waals surface area contributed by atoms with Gasteiger partial charge in [-0.2, -0.15) is 5.10 Å². The van der Waals surface area contributed by atoms with Crippen LogP contribution < -0.4 is 9.47 Å². The highest BCUT2D eigenvalue weighted by Gasteiger charge is 2.36. The van der Waals surface area contributed by atoms with Crippen LogP contribution in [0.4, 0.5) is 0 Å². The van der Waals surface area contributed by atoms with Gasteiger partial charge in [0, 0.05) is 18.1 Å². The summed E-state index contributed by atoms with van der Waals surface area (Å²) >= 11 is 0. The summed E-state index contributed by atoms with van der Waals surface area (Å²) < 4.78 is 16.0. The molecular weight excluding hydrogens is 372 g/mol. The van der Waals surface area contributed by atoms with Gasteiger partial charge in [0.1, 0.15) is 17.2 Å². The molecule has 1 aliphatic heterocycles. The van der Waals surface area contributed by atoms with Gasteiger partial charge in [0.2, 0.25) is 0 Å². The molecule has 4 rings (SSSR count). The zero-order valence-corrected chi connectivity index (χ0v) is 16.0. The molecule has 148 valence electrons. The number of amides is 1. The van der Waals surface area contributed by atoms with E-state index in [1.54, 1.807) is 50.6 Å². The maximum atomic E-state index is 13.1. The Morgan fingerprint density at radius 3 is 2.45 bits per heavy atom. The van der Waals surface area contributed by atoms with Crippen molar-refractivity contribution in [2.75, 3.05) is 14.2 Å². The molecule has 3 aromatic rings. The Balaban J connectivity index is 1.78. The van der Waals surface area contributed by atoms with Crippen molar-refractivity contribution >= 4 is 11.6 Å². The Morgan fingerprint density at radius 1 is 1.10 bits per heavy atom. The Labute approximate surface area is 167 Å². The molecule has 0 bridgehead atoms. The van der Waals surface area contributed by atoms with Crippen molar-refractivity contribution in [1.29, 1.82) is 0 Å². The second kappa shape index (κ2) is 7.71. The number of para-hydroxylation sites is 1. The molecule has 1 amide bonds. The van der Waals surface area contributed by atoms with Crippen molar-refractivity contribution in [2.24, 2.45) is 5.10 Å². The van der Waals surface area contributed by atoms with Gasteiger partial charge in [0.05, 0.1) is 32.2 Å². The Hall–Kier alpha value is -3.74. The summed E-state index contributed by atoms with van der Waals surface area (Å²) in [6, 6.07) is 15.2. The molecule has 1 N–H and O–H groups in total. The smallest absolute Gasteiger partial charge is 0.310 e. The number of hydrogen-bond acceptors (Lipinski definition) is 6. The lowest BCUT2D eigenvalue weighted by Gasteiger charge is -2.22. The highest BCUT2D eigenvalue weighted by molar-refractivity contribution is 6.06. The van der Waals surface area contributed by atoms with Gasteiger partial charge < -0.3 is 19.0 Å². The van der Waals surface area contributed by atoms with Crippen LogP contribution in [0.15, 0.2) is 70.4 Å². The molecule has 1 atom stereocenters. The maximum Gasteiger partial charge on any atom is 0.310 e. The number of phenols is 1. The van der Waals surface area contributed by atoms with Crippen molar-refractivity contribution in [1.82, 2.24) is 5.01 Å². The molecule has 29 heavy (non-hydrogen) atoms. The lowest BCUT2D eigenvalue weighted by molar-refractivity contribution is 0.0678. The van der Waals surface area contributed by atoms with E-state index in [1.165, 1.54) is 11.3 Å². The minimum Gasteiger partial charge on any atom is -0.507 e. The van der Waals surface area contributed by atoms with E-state index in [0.29, 0.717) is 29.2 Å². The van der Waals surface area contributed by atoms with Crippen LogP contribution >= 0.6 is 0 Å². The molecule has 2 heterocycles. The summed E-state index contributed by atoms with van der Waals surface area (Å²) in [7, 11) is 3.14. The predicted molar refractivity (Wildman–Crippen MR) is 106 cm³/mol. The number of furan rings is 1. The van der Waals surface area contributed by atoms with Crippen LogP contribution in [0.3, 0.4) is 0 Å². The quantitative estimate of drug-likeness (QED) is 0.710. The first-order valence-electron chi connectivity index (χ1n) is 9.06. The molecule has 0 fully saturated rings. The predicted octanol–water partition coefficient (Wildman–Crippen LogP) is 3.99. The van der Waals surface area contributed by atoms with Crippen molar-refractivity contribution in [3.8, 4) is 17.2 Å². The Kier molecular flexibility index (Phi) is 4.95. The summed E-state index contributed by atoms with van der Waals surface area (Å²) in [6.07, 6.45) is 1.86. The summed E-state index contributed by atoms with van der Waals surface area (Å²) in [4.78, 5) is 13.1. The molecule has 0 spiro atoms. The van der Waals surface area contributed by atoms with Gasteiger partial charge in [-0.3, -0.25) is 4.79 Å². The zero-order valence-electron chi connectivity index (χ0n) is 16.0. The van der Waals surface area contributed by atoms with Gasteiger partial charge in [-0.1, -0.05) is 12.1 Å². The summed E-state index contributed by atoms with van der Waals surface area (Å²) in [5.41, 5.74) is 1.99. The third-order valence-corrected chi connectivity index (χ3v) is 4.82. The van der Waals surface area contributed by atoms with Crippen LogP contribution in [0.2, 0.25) is 0 Å². The van der Waals surface area contributed by atoms with E-state index in [1.807, 2.05) is 18.2 Å². The van der Waals surface area contributed by atoms with E-state index in [2.05, 4.69) is 5.10 Å². The minimum atomic E-state index is -0.411. The van der Waals surface area contributed by atoms with Gasteiger partial charge in [0.25, 0.3) is 0 Å². The van der Waals surface area contributed by atoms with E-state index < -0.39 is 6.04 Å². The fourth-order valence-corrected chi connectivity index (χ4v) is 3.37.